The molecule has 4 rings (SSSR count). The molecular weight excluding hydrogens is 445 g/mol. The van der Waals surface area contributed by atoms with Crippen LogP contribution in [0.4, 0.5) is 10.1 Å². The smallest absolute Gasteiger partial charge is 0.272 e. The zero-order chi connectivity index (χ0) is 23.5. The van der Waals surface area contributed by atoms with E-state index in [0.29, 0.717) is 5.69 Å². The van der Waals surface area contributed by atoms with E-state index in [4.69, 9.17) is 0 Å². The Balaban J connectivity index is 1.64. The second kappa shape index (κ2) is 9.33. The number of rotatable bonds is 5. The lowest BCUT2D eigenvalue weighted by Crippen LogP contribution is -2.55. The number of amides is 4. The van der Waals surface area contributed by atoms with E-state index < -0.39 is 35.5 Å². The molecule has 1 unspecified atom stereocenters. The van der Waals surface area contributed by atoms with Crippen LogP contribution in [0.25, 0.3) is 0 Å². The summed E-state index contributed by atoms with van der Waals surface area (Å²) in [7, 11) is 0. The molecular formula is C24H20FN3O4S. The van der Waals surface area contributed by atoms with Crippen LogP contribution in [-0.2, 0) is 20.8 Å². The summed E-state index contributed by atoms with van der Waals surface area (Å²) in [5.41, 5.74) is 3.34. The lowest BCUT2D eigenvalue weighted by Gasteiger charge is -2.28. The van der Waals surface area contributed by atoms with Gasteiger partial charge in [0, 0.05) is 4.88 Å². The molecule has 1 aliphatic heterocycles. The molecule has 4 amide bonds. The number of hydrogen-bond acceptors (Lipinski definition) is 5. The van der Waals surface area contributed by atoms with Crippen molar-refractivity contribution in [2.45, 2.75) is 25.8 Å². The number of anilines is 1. The average Bonchev–Trinajstić information content (AvgIpc) is 3.39. The van der Waals surface area contributed by atoms with Gasteiger partial charge in [0.25, 0.3) is 11.8 Å². The van der Waals surface area contributed by atoms with Crippen LogP contribution in [0.3, 0.4) is 0 Å². The van der Waals surface area contributed by atoms with Gasteiger partial charge in [0.05, 0.1) is 24.1 Å². The Kier molecular flexibility index (Phi) is 6.32. The summed E-state index contributed by atoms with van der Waals surface area (Å²) in [6.45, 7) is 1.83. The summed E-state index contributed by atoms with van der Waals surface area (Å²) < 4.78 is 14.1. The van der Waals surface area contributed by atoms with E-state index >= 15 is 0 Å². The van der Waals surface area contributed by atoms with Crippen molar-refractivity contribution in [1.82, 2.24) is 10.4 Å². The standard InChI is InChI=1S/C24H20FN3O4S/c1-15-6-4-7-16(12-15)27-21(29)14-20(24(27)32)28(22(30)13-17-8-5-11-33-17)26-23(31)18-9-2-3-10-19(18)25/h2-12,20H,13-14H2,1H3,(H,26,31). The van der Waals surface area contributed by atoms with E-state index in [1.165, 1.54) is 29.5 Å². The predicted molar refractivity (Wildman–Crippen MR) is 121 cm³/mol. The molecule has 0 saturated carbocycles. The van der Waals surface area contributed by atoms with Crippen LogP contribution in [0.5, 0.6) is 0 Å². The van der Waals surface area contributed by atoms with E-state index in [0.717, 1.165) is 26.4 Å². The molecule has 1 N–H and O–H groups in total. The molecule has 0 bridgehead atoms. The molecule has 3 aromatic rings. The second-order valence-corrected chi connectivity index (χ2v) is 8.60. The maximum absolute atomic E-state index is 14.1. The number of thiophene rings is 1. The van der Waals surface area contributed by atoms with Crippen LogP contribution >= 0.6 is 11.3 Å². The number of nitrogens with one attached hydrogen (secondary N) is 1. The molecule has 33 heavy (non-hydrogen) atoms. The first-order valence-corrected chi connectivity index (χ1v) is 11.1. The van der Waals surface area contributed by atoms with Crippen LogP contribution in [0.2, 0.25) is 0 Å². The molecule has 0 aliphatic carbocycles. The van der Waals surface area contributed by atoms with Gasteiger partial charge >= 0.3 is 0 Å². The minimum Gasteiger partial charge on any atom is -0.274 e. The maximum Gasteiger partial charge on any atom is 0.272 e. The lowest BCUT2D eigenvalue weighted by atomic mass is 10.2. The van der Waals surface area contributed by atoms with Gasteiger partial charge in [0.1, 0.15) is 11.9 Å². The highest BCUT2D eigenvalue weighted by molar-refractivity contribution is 7.10. The van der Waals surface area contributed by atoms with Crippen molar-refractivity contribution in [3.8, 4) is 0 Å². The Labute approximate surface area is 193 Å². The second-order valence-electron chi connectivity index (χ2n) is 7.57. The Hall–Kier alpha value is -3.85. The monoisotopic (exact) mass is 465 g/mol. The number of nitrogens with zero attached hydrogens (tertiary/aromatic N) is 2. The number of imide groups is 1. The number of hydrazine groups is 1. The van der Waals surface area contributed by atoms with E-state index in [9.17, 15) is 23.6 Å². The van der Waals surface area contributed by atoms with Gasteiger partial charge in [-0.05, 0) is 48.2 Å². The van der Waals surface area contributed by atoms with Gasteiger partial charge in [-0.3, -0.25) is 24.6 Å². The molecule has 1 fully saturated rings. The van der Waals surface area contributed by atoms with E-state index in [-0.39, 0.29) is 18.4 Å². The van der Waals surface area contributed by atoms with Crippen LogP contribution < -0.4 is 10.3 Å². The topological polar surface area (TPSA) is 86.8 Å². The van der Waals surface area contributed by atoms with Gasteiger partial charge in [-0.2, -0.15) is 0 Å². The highest BCUT2D eigenvalue weighted by atomic mass is 32.1. The predicted octanol–water partition coefficient (Wildman–Crippen LogP) is 3.24. The molecule has 0 spiro atoms. The van der Waals surface area contributed by atoms with Crippen molar-refractivity contribution in [3.63, 3.8) is 0 Å². The zero-order valence-corrected chi connectivity index (χ0v) is 18.5. The summed E-state index contributed by atoms with van der Waals surface area (Å²) in [6, 6.07) is 14.5. The Morgan fingerprint density at radius 2 is 1.91 bits per heavy atom. The average molecular weight is 466 g/mol. The molecule has 1 saturated heterocycles. The van der Waals surface area contributed by atoms with Crippen molar-refractivity contribution < 1.29 is 23.6 Å². The fraction of sp³-hybridized carbons (Fsp3) is 0.167. The first kappa shape index (κ1) is 22.3. The summed E-state index contributed by atoms with van der Waals surface area (Å²) in [6.07, 6.45) is -0.391. The number of aryl methyl sites for hydroxylation is 1. The SMILES string of the molecule is Cc1cccc(N2C(=O)CC(N(NC(=O)c3ccccc3F)C(=O)Cc3cccs3)C2=O)c1. The lowest BCUT2D eigenvalue weighted by molar-refractivity contribution is -0.140. The minimum absolute atomic E-state index is 0.0857. The van der Waals surface area contributed by atoms with E-state index in [1.807, 2.05) is 13.0 Å². The third-order valence-electron chi connectivity index (χ3n) is 5.21. The van der Waals surface area contributed by atoms with Gasteiger partial charge in [0.2, 0.25) is 11.8 Å². The van der Waals surface area contributed by atoms with Crippen LogP contribution in [-0.4, -0.2) is 34.7 Å². The van der Waals surface area contributed by atoms with Gasteiger partial charge in [-0.1, -0.05) is 30.3 Å². The first-order valence-electron chi connectivity index (χ1n) is 10.2. The molecule has 0 radical (unpaired) electrons. The molecule has 2 heterocycles. The quantitative estimate of drug-likeness (QED) is 0.463. The Morgan fingerprint density at radius 3 is 2.61 bits per heavy atom. The Bertz CT molecular complexity index is 1230. The number of halogens is 1. The number of hydrogen-bond donors (Lipinski definition) is 1. The normalized spacial score (nSPS) is 15.6. The van der Waals surface area contributed by atoms with Crippen LogP contribution in [0.1, 0.15) is 27.2 Å². The van der Waals surface area contributed by atoms with Crippen LogP contribution in [0, 0.1) is 12.7 Å². The molecule has 1 aromatic heterocycles. The van der Waals surface area contributed by atoms with E-state index in [1.54, 1.807) is 35.7 Å². The minimum atomic E-state index is -1.25. The largest absolute Gasteiger partial charge is 0.274 e. The highest BCUT2D eigenvalue weighted by Gasteiger charge is 2.45. The fourth-order valence-electron chi connectivity index (χ4n) is 3.63. The number of benzene rings is 2. The van der Waals surface area contributed by atoms with Crippen molar-refractivity contribution in [2.75, 3.05) is 4.90 Å². The van der Waals surface area contributed by atoms with Crippen LogP contribution in [0.15, 0.2) is 66.0 Å². The third-order valence-corrected chi connectivity index (χ3v) is 6.09. The number of carbonyl (C=O) groups is 4. The summed E-state index contributed by atoms with van der Waals surface area (Å²) >= 11 is 1.35. The van der Waals surface area contributed by atoms with Crippen molar-refractivity contribution in [3.05, 3.63) is 87.9 Å². The van der Waals surface area contributed by atoms with Gasteiger partial charge in [-0.25, -0.2) is 14.3 Å². The summed E-state index contributed by atoms with van der Waals surface area (Å²) in [5, 5.41) is 2.67. The molecule has 1 aliphatic rings. The molecule has 7 nitrogen and oxygen atoms in total. The van der Waals surface area contributed by atoms with Gasteiger partial charge in [-0.15, -0.1) is 11.3 Å². The maximum atomic E-state index is 14.1. The summed E-state index contributed by atoms with van der Waals surface area (Å²) in [4.78, 5) is 53.7. The highest BCUT2D eigenvalue weighted by Crippen LogP contribution is 2.26. The van der Waals surface area contributed by atoms with Crippen molar-refractivity contribution in [1.29, 1.82) is 0 Å². The number of carbonyl (C=O) groups excluding carboxylic acids is 4. The first-order chi connectivity index (χ1) is 15.8. The van der Waals surface area contributed by atoms with Gasteiger partial charge < -0.3 is 0 Å². The fourth-order valence-corrected chi connectivity index (χ4v) is 4.33. The van der Waals surface area contributed by atoms with Crippen molar-refractivity contribution in [2.24, 2.45) is 0 Å². The third kappa shape index (κ3) is 4.68. The molecule has 2 aromatic carbocycles. The van der Waals surface area contributed by atoms with Crippen molar-refractivity contribution >= 4 is 40.7 Å². The molecule has 9 heteroatoms. The molecule has 168 valence electrons. The molecule has 1 atom stereocenters. The summed E-state index contributed by atoms with van der Waals surface area (Å²) in [5.74, 6) is -3.37. The Morgan fingerprint density at radius 1 is 1.12 bits per heavy atom. The van der Waals surface area contributed by atoms with E-state index in [2.05, 4.69) is 5.43 Å². The zero-order valence-electron chi connectivity index (χ0n) is 17.7. The van der Waals surface area contributed by atoms with Gasteiger partial charge in [0.15, 0.2) is 0 Å².